The molecule has 6 rings (SSSR count). The van der Waals surface area contributed by atoms with Crippen molar-refractivity contribution in [2.24, 2.45) is 0 Å². The first-order chi connectivity index (χ1) is 24.8. The maximum atomic E-state index is 12.5. The SMILES string of the molecule is CC(C)(C)c1ccnc(-c2cc(C(F)(F)F)n[n-]2)c1.C[PH+](C)c1ccccc1.C[PH+](C)c1ccccc1.Cc1cc(-c2cc(C(C)(C)C)ccn2)[n-]n1.[Os+2]. The van der Waals surface area contributed by atoms with Crippen LogP contribution in [0.15, 0.2) is 109 Å². The number of nitrogens with zero attached hydrogens (tertiary/aromatic N) is 6. The van der Waals surface area contributed by atoms with Gasteiger partial charge in [0.15, 0.2) is 0 Å². The van der Waals surface area contributed by atoms with E-state index in [9.17, 15) is 13.2 Å². The summed E-state index contributed by atoms with van der Waals surface area (Å²) < 4.78 is 37.4. The molecule has 2 aromatic carbocycles. The zero-order valence-electron chi connectivity index (χ0n) is 33.1. The molecule has 0 spiro atoms. The summed E-state index contributed by atoms with van der Waals surface area (Å²) in [4.78, 5) is 8.38. The summed E-state index contributed by atoms with van der Waals surface area (Å²) in [5, 5.41) is 17.8. The second-order valence-electron chi connectivity index (χ2n) is 15.1. The fourth-order valence-electron chi connectivity index (χ4n) is 4.69. The topological polar surface area (TPSA) is 79.8 Å². The van der Waals surface area contributed by atoms with Gasteiger partial charge < -0.3 is 20.4 Å². The number of hydrogen-bond acceptors (Lipinski definition) is 4. The Morgan fingerprint density at radius 1 is 0.537 bits per heavy atom. The van der Waals surface area contributed by atoms with E-state index in [0.717, 1.165) is 28.7 Å². The van der Waals surface area contributed by atoms with Gasteiger partial charge in [-0.1, -0.05) is 95.4 Å². The number of rotatable bonds is 4. The third-order valence-corrected chi connectivity index (χ3v) is 10.9. The molecule has 0 aliphatic carbocycles. The third kappa shape index (κ3) is 15.3. The molecule has 6 aromatic rings. The van der Waals surface area contributed by atoms with E-state index in [0.29, 0.717) is 5.69 Å². The summed E-state index contributed by atoms with van der Waals surface area (Å²) in [7, 11) is -0.424. The van der Waals surface area contributed by atoms with Crippen LogP contribution in [-0.2, 0) is 36.8 Å². The molecule has 6 nitrogen and oxygen atoms in total. The van der Waals surface area contributed by atoms with E-state index in [4.69, 9.17) is 0 Å². The van der Waals surface area contributed by atoms with Crippen molar-refractivity contribution in [2.45, 2.75) is 65.5 Å². The van der Waals surface area contributed by atoms with Crippen molar-refractivity contribution in [3.63, 3.8) is 0 Å². The normalized spacial score (nSPS) is 11.3. The minimum absolute atomic E-state index is 0. The fraction of sp³-hybridized carbons (Fsp3) is 0.333. The number of alkyl halides is 3. The molecular weight excluding hydrogens is 898 g/mol. The van der Waals surface area contributed by atoms with Crippen LogP contribution in [0.4, 0.5) is 13.2 Å². The molecule has 0 amide bonds. The first-order valence-electron chi connectivity index (χ1n) is 17.4. The molecule has 0 unspecified atom stereocenters. The van der Waals surface area contributed by atoms with Crippen LogP contribution in [0.25, 0.3) is 22.8 Å². The van der Waals surface area contributed by atoms with Gasteiger partial charge in [-0.15, -0.1) is 0 Å². The monoisotopic (exact) mass is 952 g/mol. The summed E-state index contributed by atoms with van der Waals surface area (Å²) in [6.07, 6.45) is -1.08. The average molecular weight is 951 g/mol. The summed E-state index contributed by atoms with van der Waals surface area (Å²) in [5.41, 5.74) is 4.48. The first-order valence-corrected chi connectivity index (χ1v) is 22.4. The number of halogens is 3. The van der Waals surface area contributed by atoms with Crippen molar-refractivity contribution in [1.82, 2.24) is 30.4 Å². The predicted molar refractivity (Wildman–Crippen MR) is 221 cm³/mol. The van der Waals surface area contributed by atoms with Crippen molar-refractivity contribution >= 4 is 26.5 Å². The minimum Gasteiger partial charge on any atom is -0.574 e. The molecule has 0 aliphatic rings. The van der Waals surface area contributed by atoms with E-state index in [1.165, 1.54) is 16.2 Å². The van der Waals surface area contributed by atoms with Gasteiger partial charge in [-0.3, -0.25) is 9.97 Å². The maximum absolute atomic E-state index is 12.5. The van der Waals surface area contributed by atoms with Crippen LogP contribution in [0.2, 0.25) is 0 Å². The summed E-state index contributed by atoms with van der Waals surface area (Å²) in [6, 6.07) is 31.9. The van der Waals surface area contributed by atoms with Crippen molar-refractivity contribution in [3.8, 4) is 22.8 Å². The van der Waals surface area contributed by atoms with E-state index >= 15 is 0 Å². The van der Waals surface area contributed by atoms with Gasteiger partial charge in [0, 0.05) is 45.3 Å². The molecule has 4 aromatic heterocycles. The molecule has 54 heavy (non-hydrogen) atoms. The molecule has 0 aliphatic heterocycles. The van der Waals surface area contributed by atoms with E-state index in [1.54, 1.807) is 12.3 Å². The molecule has 0 atom stereocenters. The van der Waals surface area contributed by atoms with E-state index in [1.807, 2.05) is 52.1 Å². The molecule has 0 N–H and O–H groups in total. The largest absolute Gasteiger partial charge is 2.00 e. The zero-order valence-corrected chi connectivity index (χ0v) is 37.6. The standard InChI is InChI=1S/C13H13F3N3.C13H16N3.2C8H11P.Os/c1-12(2,3)8-4-5-17-9(6-8)10-7-11(19-18-10)13(14,15)16;1-9-7-12(16-15-9)11-8-10(5-6-14-11)13(2,3)4;2*1-9(2)8-6-4-3-5-7-8;/h4-7H,1-3H3;5-8H,1-4H3;2*3-7H,1-2H3;/q2*-1;;;+2/p+2. The van der Waals surface area contributed by atoms with E-state index in [-0.39, 0.29) is 52.2 Å². The van der Waals surface area contributed by atoms with Crippen LogP contribution < -0.4 is 20.8 Å². The van der Waals surface area contributed by atoms with E-state index in [2.05, 4.69) is 145 Å². The number of aryl methyl sites for hydroxylation is 1. The van der Waals surface area contributed by atoms with Crippen LogP contribution in [0.5, 0.6) is 0 Å². The Balaban J connectivity index is 0.000000260. The number of aromatic nitrogens is 6. The van der Waals surface area contributed by atoms with Crippen molar-refractivity contribution in [1.29, 1.82) is 0 Å². The predicted octanol–water partition coefficient (Wildman–Crippen LogP) is 9.69. The van der Waals surface area contributed by atoms with Gasteiger partial charge in [-0.2, -0.15) is 13.2 Å². The van der Waals surface area contributed by atoms with Gasteiger partial charge >= 0.3 is 26.0 Å². The minimum atomic E-state index is -4.48. The molecule has 288 valence electrons. The maximum Gasteiger partial charge on any atom is 2.00 e. The average Bonchev–Trinajstić information content (AvgIpc) is 3.80. The molecule has 0 bridgehead atoms. The molecule has 0 saturated carbocycles. The number of hydrogen-bond donors (Lipinski definition) is 0. The van der Waals surface area contributed by atoms with Gasteiger partial charge in [0.25, 0.3) is 0 Å². The Hall–Kier alpha value is -3.55. The molecule has 4 heterocycles. The Kier molecular flexibility index (Phi) is 18.1. The van der Waals surface area contributed by atoms with Gasteiger partial charge in [0.1, 0.15) is 5.69 Å². The Morgan fingerprint density at radius 3 is 1.22 bits per heavy atom. The second-order valence-corrected chi connectivity index (χ2v) is 20.2. The quantitative estimate of drug-likeness (QED) is 0.164. The van der Waals surface area contributed by atoms with Crippen LogP contribution in [0, 0.1) is 6.92 Å². The third-order valence-electron chi connectivity index (χ3n) is 7.97. The second kappa shape index (κ2) is 20.9. The fourth-order valence-corrected chi connectivity index (χ4v) is 6.41. The van der Waals surface area contributed by atoms with Crippen LogP contribution in [-0.4, -0.2) is 46.8 Å². The van der Waals surface area contributed by atoms with Crippen LogP contribution in [0.1, 0.15) is 64.1 Å². The van der Waals surface area contributed by atoms with Gasteiger partial charge in [-0.05, 0) is 83.5 Å². The van der Waals surface area contributed by atoms with Crippen molar-refractivity contribution in [2.75, 3.05) is 26.7 Å². The number of pyridine rings is 2. The van der Waals surface area contributed by atoms with Crippen molar-refractivity contribution < 1.29 is 33.0 Å². The van der Waals surface area contributed by atoms with Gasteiger partial charge in [0.05, 0.1) is 37.3 Å². The molecule has 0 radical (unpaired) electrons. The Morgan fingerprint density at radius 2 is 0.926 bits per heavy atom. The van der Waals surface area contributed by atoms with Crippen molar-refractivity contribution in [3.05, 3.63) is 132 Å². The Labute approximate surface area is 335 Å². The summed E-state index contributed by atoms with van der Waals surface area (Å²) >= 11 is 0. The summed E-state index contributed by atoms with van der Waals surface area (Å²) in [6.45, 7) is 23.8. The van der Waals surface area contributed by atoms with Gasteiger partial charge in [-0.25, -0.2) is 0 Å². The zero-order chi connectivity index (χ0) is 39.4. The molecular formula is C42H53F3N6OsP2+2. The van der Waals surface area contributed by atoms with E-state index < -0.39 is 11.9 Å². The molecule has 0 saturated heterocycles. The Bertz CT molecular complexity index is 1920. The molecule has 0 fully saturated rings. The van der Waals surface area contributed by atoms with Gasteiger partial charge in [0.2, 0.25) is 0 Å². The number of benzene rings is 2. The summed E-state index contributed by atoms with van der Waals surface area (Å²) in [5.74, 6) is 0. The van der Waals surface area contributed by atoms with Crippen LogP contribution >= 0.6 is 15.8 Å². The van der Waals surface area contributed by atoms with Crippen LogP contribution in [0.3, 0.4) is 0 Å². The smallest absolute Gasteiger partial charge is 0.574 e. The first kappa shape index (κ1) is 46.6. The molecule has 12 heteroatoms.